The highest BCUT2D eigenvalue weighted by molar-refractivity contribution is 5.91. The number of aromatic nitrogens is 7. The van der Waals surface area contributed by atoms with E-state index in [1.165, 1.54) is 0 Å². The molecule has 0 spiro atoms. The standard InChI is InChI=1S/C20H15N7/c1-12-2-6-22-11-15(12)16-10-17(27-26-16)19-24-18-14(5-9-23-20(18)25-19)13-3-7-21-8-4-13/h2-11H,1H3,(H,26,27)(H,23,24,25). The number of rotatable bonds is 3. The van der Waals surface area contributed by atoms with Crippen LogP contribution in [0.15, 0.2) is 61.3 Å². The van der Waals surface area contributed by atoms with E-state index < -0.39 is 0 Å². The third-order valence-corrected chi connectivity index (χ3v) is 4.53. The molecule has 5 aromatic rings. The Hall–Kier alpha value is -3.87. The molecule has 0 aliphatic heterocycles. The lowest BCUT2D eigenvalue weighted by Gasteiger charge is -2.01. The van der Waals surface area contributed by atoms with Crippen molar-refractivity contribution in [3.05, 3.63) is 66.9 Å². The molecule has 0 radical (unpaired) electrons. The molecule has 7 heteroatoms. The van der Waals surface area contributed by atoms with Gasteiger partial charge in [0.1, 0.15) is 5.69 Å². The molecule has 5 rings (SSSR count). The minimum absolute atomic E-state index is 0.660. The second kappa shape index (κ2) is 6.14. The molecule has 0 fully saturated rings. The number of nitrogens with zero attached hydrogens (tertiary/aromatic N) is 5. The first-order valence-corrected chi connectivity index (χ1v) is 8.51. The molecule has 0 aliphatic carbocycles. The average molecular weight is 353 g/mol. The Morgan fingerprint density at radius 1 is 0.889 bits per heavy atom. The van der Waals surface area contributed by atoms with Crippen molar-refractivity contribution in [3.63, 3.8) is 0 Å². The Labute approximate surface area is 154 Å². The highest BCUT2D eigenvalue weighted by Crippen LogP contribution is 2.29. The third-order valence-electron chi connectivity index (χ3n) is 4.53. The second-order valence-electron chi connectivity index (χ2n) is 6.24. The van der Waals surface area contributed by atoms with Crippen LogP contribution in [0.1, 0.15) is 5.56 Å². The van der Waals surface area contributed by atoms with Crippen LogP contribution in [0.3, 0.4) is 0 Å². The van der Waals surface area contributed by atoms with Gasteiger partial charge in [0.25, 0.3) is 0 Å². The Morgan fingerprint density at radius 3 is 2.59 bits per heavy atom. The van der Waals surface area contributed by atoms with Crippen molar-refractivity contribution in [1.29, 1.82) is 0 Å². The number of hydrogen-bond donors (Lipinski definition) is 2. The average Bonchev–Trinajstić information content (AvgIpc) is 3.36. The number of aromatic amines is 2. The Kier molecular flexibility index (Phi) is 3.50. The molecule has 0 atom stereocenters. The van der Waals surface area contributed by atoms with Gasteiger partial charge in [-0.3, -0.25) is 15.1 Å². The van der Waals surface area contributed by atoms with E-state index in [4.69, 9.17) is 0 Å². The van der Waals surface area contributed by atoms with Gasteiger partial charge in [-0.1, -0.05) is 0 Å². The van der Waals surface area contributed by atoms with Gasteiger partial charge >= 0.3 is 0 Å². The maximum atomic E-state index is 4.63. The SMILES string of the molecule is Cc1ccncc1-c1cc(-c2nc3nccc(-c4ccncc4)c3[nH]2)[nH]n1. The fraction of sp³-hybridized carbons (Fsp3) is 0.0500. The van der Waals surface area contributed by atoms with Crippen LogP contribution < -0.4 is 0 Å². The smallest absolute Gasteiger partial charge is 0.178 e. The van der Waals surface area contributed by atoms with Crippen LogP contribution in [-0.4, -0.2) is 35.1 Å². The van der Waals surface area contributed by atoms with E-state index in [1.54, 1.807) is 24.8 Å². The van der Waals surface area contributed by atoms with E-state index in [1.807, 2.05) is 43.5 Å². The van der Waals surface area contributed by atoms with Crippen molar-refractivity contribution in [2.45, 2.75) is 6.92 Å². The van der Waals surface area contributed by atoms with Crippen molar-refractivity contribution in [1.82, 2.24) is 35.1 Å². The molecule has 0 unspecified atom stereocenters. The molecule has 0 saturated heterocycles. The zero-order valence-electron chi connectivity index (χ0n) is 14.5. The molecule has 0 aliphatic rings. The molecule has 7 nitrogen and oxygen atoms in total. The van der Waals surface area contributed by atoms with Crippen molar-refractivity contribution < 1.29 is 0 Å². The van der Waals surface area contributed by atoms with Gasteiger partial charge in [0.15, 0.2) is 11.5 Å². The molecule has 0 aromatic carbocycles. The molecule has 27 heavy (non-hydrogen) atoms. The van der Waals surface area contributed by atoms with Crippen LogP contribution >= 0.6 is 0 Å². The maximum absolute atomic E-state index is 4.63. The highest BCUT2D eigenvalue weighted by atomic mass is 15.1. The van der Waals surface area contributed by atoms with E-state index in [0.29, 0.717) is 11.5 Å². The van der Waals surface area contributed by atoms with Gasteiger partial charge in [-0.25, -0.2) is 9.97 Å². The van der Waals surface area contributed by atoms with Crippen LogP contribution in [-0.2, 0) is 0 Å². The van der Waals surface area contributed by atoms with Crippen LogP contribution in [0.25, 0.3) is 45.1 Å². The normalized spacial score (nSPS) is 11.1. The Bertz CT molecular complexity index is 1240. The Balaban J connectivity index is 1.60. The molecular weight excluding hydrogens is 338 g/mol. The number of hydrogen-bond acceptors (Lipinski definition) is 5. The summed E-state index contributed by atoms with van der Waals surface area (Å²) in [5.41, 5.74) is 7.37. The van der Waals surface area contributed by atoms with Crippen molar-refractivity contribution in [3.8, 4) is 33.9 Å². The summed E-state index contributed by atoms with van der Waals surface area (Å²) in [6.45, 7) is 2.04. The zero-order valence-corrected chi connectivity index (χ0v) is 14.5. The Morgan fingerprint density at radius 2 is 1.74 bits per heavy atom. The van der Waals surface area contributed by atoms with Gasteiger partial charge in [-0.15, -0.1) is 0 Å². The minimum Gasteiger partial charge on any atom is -0.335 e. The first-order valence-electron chi connectivity index (χ1n) is 8.51. The van der Waals surface area contributed by atoms with E-state index in [-0.39, 0.29) is 0 Å². The van der Waals surface area contributed by atoms with Gasteiger partial charge in [-0.2, -0.15) is 5.10 Å². The van der Waals surface area contributed by atoms with Crippen LogP contribution in [0.4, 0.5) is 0 Å². The maximum Gasteiger partial charge on any atom is 0.178 e. The first kappa shape index (κ1) is 15.4. The third kappa shape index (κ3) is 2.65. The number of imidazole rings is 1. The number of nitrogens with one attached hydrogen (secondary N) is 2. The quantitative estimate of drug-likeness (QED) is 0.514. The molecule has 5 heterocycles. The van der Waals surface area contributed by atoms with E-state index in [0.717, 1.165) is 39.2 Å². The number of aryl methyl sites for hydroxylation is 1. The summed E-state index contributed by atoms with van der Waals surface area (Å²) in [7, 11) is 0. The minimum atomic E-state index is 0.660. The molecule has 5 aromatic heterocycles. The first-order chi connectivity index (χ1) is 13.3. The summed E-state index contributed by atoms with van der Waals surface area (Å²) in [6.07, 6.45) is 8.90. The van der Waals surface area contributed by atoms with Gasteiger partial charge in [0.05, 0.1) is 11.2 Å². The van der Waals surface area contributed by atoms with Crippen molar-refractivity contribution in [2.75, 3.05) is 0 Å². The fourth-order valence-corrected chi connectivity index (χ4v) is 3.12. The lowest BCUT2D eigenvalue weighted by atomic mass is 10.1. The predicted molar refractivity (Wildman–Crippen MR) is 103 cm³/mol. The lowest BCUT2D eigenvalue weighted by molar-refractivity contribution is 1.08. The number of H-pyrrole nitrogens is 2. The molecule has 0 bridgehead atoms. The number of pyridine rings is 3. The van der Waals surface area contributed by atoms with E-state index in [9.17, 15) is 0 Å². The summed E-state index contributed by atoms with van der Waals surface area (Å²) in [5, 5.41) is 7.48. The summed E-state index contributed by atoms with van der Waals surface area (Å²) in [6, 6.07) is 9.84. The lowest BCUT2D eigenvalue weighted by Crippen LogP contribution is -1.84. The van der Waals surface area contributed by atoms with Crippen LogP contribution in [0.2, 0.25) is 0 Å². The van der Waals surface area contributed by atoms with Crippen molar-refractivity contribution in [2.24, 2.45) is 0 Å². The fourth-order valence-electron chi connectivity index (χ4n) is 3.12. The predicted octanol–water partition coefficient (Wildman–Crippen LogP) is 3.78. The van der Waals surface area contributed by atoms with Crippen LogP contribution in [0, 0.1) is 6.92 Å². The van der Waals surface area contributed by atoms with E-state index in [2.05, 4.69) is 35.1 Å². The highest BCUT2D eigenvalue weighted by Gasteiger charge is 2.14. The van der Waals surface area contributed by atoms with Gasteiger partial charge in [0, 0.05) is 42.1 Å². The number of fused-ring (bicyclic) bond motifs is 1. The molecule has 0 saturated carbocycles. The topological polar surface area (TPSA) is 96.0 Å². The van der Waals surface area contributed by atoms with Gasteiger partial charge in [-0.05, 0) is 48.4 Å². The summed E-state index contributed by atoms with van der Waals surface area (Å²) in [4.78, 5) is 20.7. The molecular formula is C20H15N7. The summed E-state index contributed by atoms with van der Waals surface area (Å²) >= 11 is 0. The van der Waals surface area contributed by atoms with Gasteiger partial charge < -0.3 is 4.98 Å². The molecule has 130 valence electrons. The second-order valence-corrected chi connectivity index (χ2v) is 6.24. The largest absolute Gasteiger partial charge is 0.335 e. The molecule has 2 N–H and O–H groups in total. The molecule has 0 amide bonds. The van der Waals surface area contributed by atoms with Crippen molar-refractivity contribution >= 4 is 11.2 Å². The summed E-state index contributed by atoms with van der Waals surface area (Å²) < 4.78 is 0. The zero-order chi connectivity index (χ0) is 18.2. The summed E-state index contributed by atoms with van der Waals surface area (Å²) in [5.74, 6) is 0.694. The van der Waals surface area contributed by atoms with E-state index >= 15 is 0 Å². The van der Waals surface area contributed by atoms with Gasteiger partial charge in [0.2, 0.25) is 0 Å². The monoisotopic (exact) mass is 353 g/mol. The van der Waals surface area contributed by atoms with Crippen LogP contribution in [0.5, 0.6) is 0 Å².